The van der Waals surface area contributed by atoms with Crippen LogP contribution in [0.4, 0.5) is 10.5 Å². The maximum absolute atomic E-state index is 13.1. The van der Waals surface area contributed by atoms with Gasteiger partial charge in [0, 0.05) is 55.1 Å². The Kier molecular flexibility index (Phi) is 8.48. The Hall–Kier alpha value is -3.39. The quantitative estimate of drug-likeness (QED) is 0.477. The van der Waals surface area contributed by atoms with Crippen LogP contribution >= 0.6 is 0 Å². The summed E-state index contributed by atoms with van der Waals surface area (Å²) in [6, 6.07) is 12.1. The lowest BCUT2D eigenvalue weighted by Crippen LogP contribution is -2.42. The van der Waals surface area contributed by atoms with Gasteiger partial charge in [0.2, 0.25) is 0 Å². The Balaban J connectivity index is 1.59. The average Bonchev–Trinajstić information content (AvgIpc) is 3.34. The molecule has 2 N–H and O–H groups in total. The first-order chi connectivity index (χ1) is 17.8. The molecule has 1 aromatic heterocycles. The lowest BCUT2D eigenvalue weighted by molar-refractivity contribution is 0.0939. The highest BCUT2D eigenvalue weighted by Crippen LogP contribution is 2.51. The smallest absolute Gasteiger partial charge is 0.410 e. The number of anilines is 1. The number of carbonyl (C=O) groups is 2. The van der Waals surface area contributed by atoms with Gasteiger partial charge in [0.25, 0.3) is 5.91 Å². The molecule has 198 valence electrons. The van der Waals surface area contributed by atoms with E-state index in [-0.39, 0.29) is 36.6 Å². The van der Waals surface area contributed by atoms with Gasteiger partial charge in [0.1, 0.15) is 6.61 Å². The van der Waals surface area contributed by atoms with E-state index in [4.69, 9.17) is 4.74 Å². The van der Waals surface area contributed by atoms with Crippen LogP contribution in [0.1, 0.15) is 67.8 Å². The second kappa shape index (κ2) is 11.8. The predicted octanol–water partition coefficient (Wildman–Crippen LogP) is 4.78. The van der Waals surface area contributed by atoms with Crippen LogP contribution in [0.2, 0.25) is 0 Å². The molecular formula is C29H39N5O3. The molecule has 1 fully saturated rings. The van der Waals surface area contributed by atoms with Crippen molar-refractivity contribution < 1.29 is 14.3 Å². The molecule has 0 bridgehead atoms. The minimum atomic E-state index is -0.364. The number of benzene rings is 1. The fourth-order valence-corrected chi connectivity index (χ4v) is 5.70. The Morgan fingerprint density at radius 2 is 2.03 bits per heavy atom. The van der Waals surface area contributed by atoms with Crippen molar-refractivity contribution >= 4 is 17.7 Å². The molecule has 8 heteroatoms. The molecular weight excluding hydrogens is 466 g/mol. The summed E-state index contributed by atoms with van der Waals surface area (Å²) in [6.45, 7) is 14.4. The van der Waals surface area contributed by atoms with Crippen molar-refractivity contribution in [2.24, 2.45) is 5.92 Å². The molecule has 37 heavy (non-hydrogen) atoms. The summed E-state index contributed by atoms with van der Waals surface area (Å²) in [5, 5.41) is 6.72. The molecule has 2 aromatic rings. The van der Waals surface area contributed by atoms with Crippen molar-refractivity contribution in [1.82, 2.24) is 20.1 Å². The molecule has 2 unspecified atom stereocenters. The number of nitrogens with one attached hydrogen (secondary N) is 2. The highest BCUT2D eigenvalue weighted by atomic mass is 16.6. The highest BCUT2D eigenvalue weighted by Gasteiger charge is 2.47. The second-order valence-electron chi connectivity index (χ2n) is 10.3. The summed E-state index contributed by atoms with van der Waals surface area (Å²) in [4.78, 5) is 34.8. The van der Waals surface area contributed by atoms with Gasteiger partial charge in [-0.2, -0.15) is 0 Å². The largest absolute Gasteiger partial charge is 0.445 e. The van der Waals surface area contributed by atoms with Crippen molar-refractivity contribution in [3.8, 4) is 0 Å². The van der Waals surface area contributed by atoms with Crippen molar-refractivity contribution in [2.45, 2.75) is 58.3 Å². The van der Waals surface area contributed by atoms with E-state index in [9.17, 15) is 9.59 Å². The molecule has 0 spiro atoms. The van der Waals surface area contributed by atoms with E-state index in [0.29, 0.717) is 30.7 Å². The normalized spacial score (nSPS) is 20.4. The SMILES string of the molecule is C=CCOC(=O)N1CC[C@H]2C(c3ccccn3)Nc3ccc(C(=O)NCCN(C(C)C)C(C)C)cc3C21. The molecule has 2 aliphatic heterocycles. The van der Waals surface area contributed by atoms with Gasteiger partial charge in [-0.25, -0.2) is 4.79 Å². The third-order valence-corrected chi connectivity index (χ3v) is 7.36. The Bertz CT molecular complexity index is 1100. The molecule has 1 saturated heterocycles. The molecule has 2 amide bonds. The molecule has 8 nitrogen and oxygen atoms in total. The van der Waals surface area contributed by atoms with Crippen LogP contribution in [-0.4, -0.2) is 65.1 Å². The Morgan fingerprint density at radius 1 is 1.24 bits per heavy atom. The van der Waals surface area contributed by atoms with Crippen LogP contribution in [0.15, 0.2) is 55.3 Å². The van der Waals surface area contributed by atoms with Gasteiger partial charge >= 0.3 is 6.09 Å². The van der Waals surface area contributed by atoms with E-state index < -0.39 is 0 Å². The van der Waals surface area contributed by atoms with Gasteiger partial charge in [-0.15, -0.1) is 0 Å². The number of hydrogen-bond acceptors (Lipinski definition) is 6. The van der Waals surface area contributed by atoms with E-state index in [1.165, 1.54) is 0 Å². The number of likely N-dealkylation sites (tertiary alicyclic amines) is 1. The molecule has 2 aliphatic rings. The van der Waals surface area contributed by atoms with Gasteiger partial charge in [-0.1, -0.05) is 18.7 Å². The molecule has 3 atom stereocenters. The highest BCUT2D eigenvalue weighted by molar-refractivity contribution is 5.95. The number of aromatic nitrogens is 1. The number of ether oxygens (including phenoxy) is 1. The minimum Gasteiger partial charge on any atom is -0.445 e. The zero-order valence-corrected chi connectivity index (χ0v) is 22.3. The summed E-state index contributed by atoms with van der Waals surface area (Å²) in [6.07, 6.45) is 3.80. The standard InChI is InChI=1S/C29H39N5O3/c1-6-17-37-29(36)34-15-12-22-26(25-9-7-8-13-30-25)32-24-11-10-21(18-23(24)27(22)34)28(35)31-14-16-33(19(2)3)20(4)5/h6-11,13,18-20,22,26-27,32H,1,12,14-17H2,2-5H3,(H,31,35)/t22-,26?,27?/m0/s1. The van der Waals surface area contributed by atoms with E-state index in [1.54, 1.807) is 17.2 Å². The molecule has 3 heterocycles. The molecule has 4 rings (SSSR count). The zero-order valence-electron chi connectivity index (χ0n) is 22.3. The lowest BCUT2D eigenvalue weighted by Gasteiger charge is -2.39. The van der Waals surface area contributed by atoms with Crippen molar-refractivity contribution in [2.75, 3.05) is 31.6 Å². The van der Waals surface area contributed by atoms with Crippen molar-refractivity contribution in [1.29, 1.82) is 0 Å². The fraction of sp³-hybridized carbons (Fsp3) is 0.483. The van der Waals surface area contributed by atoms with Crippen molar-refractivity contribution in [3.63, 3.8) is 0 Å². The van der Waals surface area contributed by atoms with E-state index in [2.05, 4.69) is 54.8 Å². The first-order valence-electron chi connectivity index (χ1n) is 13.2. The third kappa shape index (κ3) is 5.80. The molecule has 1 aromatic carbocycles. The first-order valence-corrected chi connectivity index (χ1v) is 13.2. The number of carbonyl (C=O) groups excluding carboxylic acids is 2. The van der Waals surface area contributed by atoms with Crippen LogP contribution in [0.25, 0.3) is 0 Å². The number of rotatable bonds is 9. The maximum Gasteiger partial charge on any atom is 0.410 e. The van der Waals surface area contributed by atoms with E-state index in [0.717, 1.165) is 29.9 Å². The van der Waals surface area contributed by atoms with Gasteiger partial charge in [0.15, 0.2) is 0 Å². The Morgan fingerprint density at radius 3 is 2.70 bits per heavy atom. The minimum absolute atomic E-state index is 0.0476. The fourth-order valence-electron chi connectivity index (χ4n) is 5.70. The van der Waals surface area contributed by atoms with Gasteiger partial charge in [-0.3, -0.25) is 14.7 Å². The second-order valence-corrected chi connectivity index (χ2v) is 10.3. The van der Waals surface area contributed by atoms with Crippen LogP contribution < -0.4 is 10.6 Å². The Labute approximate surface area is 220 Å². The topological polar surface area (TPSA) is 86.8 Å². The number of fused-ring (bicyclic) bond motifs is 3. The molecule has 0 aliphatic carbocycles. The summed E-state index contributed by atoms with van der Waals surface area (Å²) >= 11 is 0. The van der Waals surface area contributed by atoms with Crippen LogP contribution in [0, 0.1) is 5.92 Å². The predicted molar refractivity (Wildman–Crippen MR) is 145 cm³/mol. The summed E-state index contributed by atoms with van der Waals surface area (Å²) < 4.78 is 5.42. The zero-order chi connectivity index (χ0) is 26.5. The number of pyridine rings is 1. The summed E-state index contributed by atoms with van der Waals surface area (Å²) in [5.41, 5.74) is 3.36. The van der Waals surface area contributed by atoms with Gasteiger partial charge in [0.05, 0.1) is 17.8 Å². The van der Waals surface area contributed by atoms with Gasteiger partial charge in [-0.05, 0) is 70.0 Å². The van der Waals surface area contributed by atoms with E-state index >= 15 is 0 Å². The summed E-state index contributed by atoms with van der Waals surface area (Å²) in [5.74, 6) is -0.0138. The van der Waals surface area contributed by atoms with Gasteiger partial charge < -0.3 is 20.3 Å². The number of nitrogens with zero attached hydrogens (tertiary/aromatic N) is 3. The molecule has 0 radical (unpaired) electrons. The van der Waals surface area contributed by atoms with Crippen LogP contribution in [0.5, 0.6) is 0 Å². The molecule has 0 saturated carbocycles. The number of amides is 2. The first kappa shape index (κ1) is 26.7. The lowest BCUT2D eigenvalue weighted by atomic mass is 9.81. The average molecular weight is 506 g/mol. The van der Waals surface area contributed by atoms with Crippen LogP contribution in [-0.2, 0) is 4.74 Å². The monoisotopic (exact) mass is 505 g/mol. The third-order valence-electron chi connectivity index (χ3n) is 7.36. The van der Waals surface area contributed by atoms with E-state index in [1.807, 2.05) is 36.4 Å². The maximum atomic E-state index is 13.1. The van der Waals surface area contributed by atoms with Crippen LogP contribution in [0.3, 0.4) is 0 Å². The number of hydrogen-bond donors (Lipinski definition) is 2. The summed E-state index contributed by atoms with van der Waals surface area (Å²) in [7, 11) is 0. The van der Waals surface area contributed by atoms with Crippen molar-refractivity contribution in [3.05, 3.63) is 72.1 Å².